The molecule has 0 atom stereocenters. The Bertz CT molecular complexity index is 988. The van der Waals surface area contributed by atoms with Crippen molar-refractivity contribution < 1.29 is 28.0 Å². The molecule has 0 fully saturated rings. The standard InChI is InChI=1S/C17H8FNO5/c18-12-7-3-4-9-8-13(23-14(9)12)17(22)24-19-15(20)10-5-1-2-6-11(10)16(19)21/h1-8H. The van der Waals surface area contributed by atoms with Crippen LogP contribution in [-0.2, 0) is 4.84 Å². The molecule has 2 heterocycles. The highest BCUT2D eigenvalue weighted by atomic mass is 19.1. The normalized spacial score (nSPS) is 13.5. The van der Waals surface area contributed by atoms with E-state index in [1.165, 1.54) is 30.3 Å². The molecule has 0 aliphatic carbocycles. The van der Waals surface area contributed by atoms with Crippen LogP contribution in [0.25, 0.3) is 11.0 Å². The average Bonchev–Trinajstić information content (AvgIpc) is 3.12. The minimum Gasteiger partial charge on any atom is -0.446 e. The Morgan fingerprint density at radius 2 is 1.67 bits per heavy atom. The first-order chi connectivity index (χ1) is 11.6. The number of benzene rings is 2. The molecule has 6 nitrogen and oxygen atoms in total. The van der Waals surface area contributed by atoms with E-state index in [1.54, 1.807) is 18.2 Å². The number of carbonyl (C=O) groups is 3. The summed E-state index contributed by atoms with van der Waals surface area (Å²) in [7, 11) is 0. The van der Waals surface area contributed by atoms with Gasteiger partial charge in [-0.2, -0.15) is 0 Å². The van der Waals surface area contributed by atoms with Crippen molar-refractivity contribution in [2.75, 3.05) is 0 Å². The van der Waals surface area contributed by atoms with Crippen LogP contribution >= 0.6 is 0 Å². The van der Waals surface area contributed by atoms with Crippen molar-refractivity contribution in [1.82, 2.24) is 5.06 Å². The first-order valence-corrected chi connectivity index (χ1v) is 6.94. The fourth-order valence-corrected chi connectivity index (χ4v) is 2.51. The summed E-state index contributed by atoms with van der Waals surface area (Å²) >= 11 is 0. The molecule has 1 aromatic heterocycles. The van der Waals surface area contributed by atoms with Gasteiger partial charge < -0.3 is 9.25 Å². The van der Waals surface area contributed by atoms with Crippen LogP contribution in [0.4, 0.5) is 4.39 Å². The molecule has 1 aliphatic heterocycles. The number of amides is 2. The van der Waals surface area contributed by atoms with E-state index >= 15 is 0 Å². The van der Waals surface area contributed by atoms with Gasteiger partial charge in [0.1, 0.15) is 0 Å². The summed E-state index contributed by atoms with van der Waals surface area (Å²) in [5.74, 6) is -3.50. The molecule has 0 saturated carbocycles. The fourth-order valence-electron chi connectivity index (χ4n) is 2.51. The van der Waals surface area contributed by atoms with E-state index in [9.17, 15) is 18.8 Å². The minimum atomic E-state index is -1.07. The maximum atomic E-state index is 13.6. The van der Waals surface area contributed by atoms with Gasteiger partial charge in [0.2, 0.25) is 5.76 Å². The predicted molar refractivity (Wildman–Crippen MR) is 78.5 cm³/mol. The molecule has 7 heteroatoms. The van der Waals surface area contributed by atoms with Gasteiger partial charge in [-0.25, -0.2) is 9.18 Å². The van der Waals surface area contributed by atoms with Crippen LogP contribution in [0.15, 0.2) is 52.9 Å². The minimum absolute atomic E-state index is 0.105. The van der Waals surface area contributed by atoms with Gasteiger partial charge in [-0.15, -0.1) is 0 Å². The SMILES string of the molecule is O=C(ON1C(=O)c2ccccc2C1=O)c1cc2cccc(F)c2o1. The lowest BCUT2D eigenvalue weighted by Gasteiger charge is -2.11. The zero-order valence-electron chi connectivity index (χ0n) is 12.0. The van der Waals surface area contributed by atoms with Gasteiger partial charge in [0.15, 0.2) is 11.4 Å². The van der Waals surface area contributed by atoms with Crippen LogP contribution < -0.4 is 0 Å². The molecule has 0 bridgehead atoms. The van der Waals surface area contributed by atoms with E-state index in [2.05, 4.69) is 0 Å². The van der Waals surface area contributed by atoms with Crippen LogP contribution in [0.3, 0.4) is 0 Å². The highest BCUT2D eigenvalue weighted by Crippen LogP contribution is 2.26. The molecule has 0 saturated heterocycles. The van der Waals surface area contributed by atoms with Crippen molar-refractivity contribution in [2.45, 2.75) is 0 Å². The molecule has 3 aromatic rings. The molecular weight excluding hydrogens is 317 g/mol. The van der Waals surface area contributed by atoms with Crippen molar-refractivity contribution in [3.05, 3.63) is 71.2 Å². The largest absolute Gasteiger partial charge is 0.446 e. The van der Waals surface area contributed by atoms with E-state index in [0.717, 1.165) is 0 Å². The number of imide groups is 1. The smallest absolute Gasteiger partial charge is 0.399 e. The van der Waals surface area contributed by atoms with E-state index < -0.39 is 23.6 Å². The summed E-state index contributed by atoms with van der Waals surface area (Å²) in [6, 6.07) is 11.6. The maximum Gasteiger partial charge on any atom is 0.399 e. The van der Waals surface area contributed by atoms with Crippen molar-refractivity contribution in [3.63, 3.8) is 0 Å². The molecule has 4 rings (SSSR count). The number of fused-ring (bicyclic) bond motifs is 2. The molecule has 0 unspecified atom stereocenters. The van der Waals surface area contributed by atoms with Crippen LogP contribution in [0.5, 0.6) is 0 Å². The Morgan fingerprint density at radius 1 is 1.00 bits per heavy atom. The second-order valence-corrected chi connectivity index (χ2v) is 5.10. The number of hydroxylamine groups is 2. The Hall–Kier alpha value is -3.48. The van der Waals surface area contributed by atoms with Crippen LogP contribution in [0.2, 0.25) is 0 Å². The zero-order chi connectivity index (χ0) is 16.8. The molecule has 1 aliphatic rings. The molecule has 0 radical (unpaired) electrons. The summed E-state index contributed by atoms with van der Waals surface area (Å²) < 4.78 is 18.7. The first-order valence-electron chi connectivity index (χ1n) is 6.94. The number of para-hydroxylation sites is 1. The summed E-state index contributed by atoms with van der Waals surface area (Å²) in [6.07, 6.45) is 0. The summed E-state index contributed by atoms with van der Waals surface area (Å²) in [5.41, 5.74) is 0.184. The highest BCUT2D eigenvalue weighted by Gasteiger charge is 2.39. The van der Waals surface area contributed by atoms with Crippen LogP contribution in [0.1, 0.15) is 31.3 Å². The first kappa shape index (κ1) is 14.1. The van der Waals surface area contributed by atoms with Crippen molar-refractivity contribution in [3.8, 4) is 0 Å². The number of hydrogen-bond acceptors (Lipinski definition) is 5. The molecule has 2 amide bonds. The van der Waals surface area contributed by atoms with Crippen LogP contribution in [-0.4, -0.2) is 22.8 Å². The lowest BCUT2D eigenvalue weighted by atomic mass is 10.1. The van der Waals surface area contributed by atoms with Gasteiger partial charge in [0, 0.05) is 5.39 Å². The highest BCUT2D eigenvalue weighted by molar-refractivity contribution is 6.21. The lowest BCUT2D eigenvalue weighted by molar-refractivity contribution is -0.0602. The van der Waals surface area contributed by atoms with Gasteiger partial charge in [0.25, 0.3) is 11.8 Å². The van der Waals surface area contributed by atoms with E-state index in [-0.39, 0.29) is 22.5 Å². The zero-order valence-corrected chi connectivity index (χ0v) is 12.0. The van der Waals surface area contributed by atoms with Crippen LogP contribution in [0, 0.1) is 5.82 Å². The summed E-state index contributed by atoms with van der Waals surface area (Å²) in [4.78, 5) is 41.3. The number of rotatable bonds is 2. The van der Waals surface area contributed by atoms with Gasteiger partial charge in [-0.3, -0.25) is 9.59 Å². The predicted octanol–water partition coefficient (Wildman–Crippen LogP) is 2.94. The van der Waals surface area contributed by atoms with Gasteiger partial charge in [0.05, 0.1) is 11.1 Å². The molecule has 0 N–H and O–H groups in total. The van der Waals surface area contributed by atoms with Crippen molar-refractivity contribution >= 4 is 28.8 Å². The molecule has 118 valence electrons. The second kappa shape index (κ2) is 5.02. The monoisotopic (exact) mass is 325 g/mol. The summed E-state index contributed by atoms with van der Waals surface area (Å²) in [5, 5.41) is 0.737. The lowest BCUT2D eigenvalue weighted by Crippen LogP contribution is -2.32. The number of carbonyl (C=O) groups excluding carboxylic acids is 3. The molecule has 0 spiro atoms. The summed E-state index contributed by atoms with van der Waals surface area (Å²) in [6.45, 7) is 0. The Balaban J connectivity index is 1.64. The third-order valence-corrected chi connectivity index (χ3v) is 3.63. The van der Waals surface area contributed by atoms with E-state index in [0.29, 0.717) is 10.4 Å². The molecular formula is C17H8FNO5. The molecule has 2 aromatic carbocycles. The third-order valence-electron chi connectivity index (χ3n) is 3.63. The number of halogens is 1. The Kier molecular flexibility index (Phi) is 2.96. The molecule has 24 heavy (non-hydrogen) atoms. The Labute approximate surface area is 134 Å². The second-order valence-electron chi connectivity index (χ2n) is 5.10. The number of hydrogen-bond donors (Lipinski definition) is 0. The third kappa shape index (κ3) is 1.98. The van der Waals surface area contributed by atoms with E-state index in [1.807, 2.05) is 0 Å². The topological polar surface area (TPSA) is 76.8 Å². The van der Waals surface area contributed by atoms with Gasteiger partial charge in [-0.05, 0) is 24.3 Å². The quantitative estimate of drug-likeness (QED) is 0.677. The van der Waals surface area contributed by atoms with Gasteiger partial charge in [-0.1, -0.05) is 29.3 Å². The number of furan rings is 1. The Morgan fingerprint density at radius 3 is 2.29 bits per heavy atom. The van der Waals surface area contributed by atoms with Gasteiger partial charge >= 0.3 is 5.97 Å². The number of nitrogens with zero attached hydrogens (tertiary/aromatic N) is 1. The fraction of sp³-hybridized carbons (Fsp3) is 0. The van der Waals surface area contributed by atoms with Crippen molar-refractivity contribution in [2.24, 2.45) is 0 Å². The van der Waals surface area contributed by atoms with Crippen molar-refractivity contribution in [1.29, 1.82) is 0 Å². The maximum absolute atomic E-state index is 13.6. The average molecular weight is 325 g/mol. The van der Waals surface area contributed by atoms with E-state index in [4.69, 9.17) is 9.25 Å².